The van der Waals surface area contributed by atoms with Crippen LogP contribution in [0.2, 0.25) is 0 Å². The van der Waals surface area contributed by atoms with Gasteiger partial charge < -0.3 is 10.1 Å². The Hall–Kier alpha value is -0.610. The second-order valence-electron chi connectivity index (χ2n) is 4.07. The normalized spacial score (nSPS) is 12.7. The maximum atomic E-state index is 5.67. The number of anilines is 1. The zero-order valence-electron chi connectivity index (χ0n) is 10.5. The van der Waals surface area contributed by atoms with Crippen LogP contribution < -0.4 is 5.32 Å². The molecule has 0 aliphatic carbocycles. The fourth-order valence-corrected chi connectivity index (χ4v) is 2.36. The molecular weight excluding hydrogens is 220 g/mol. The Morgan fingerprint density at radius 3 is 3.00 bits per heavy atom. The Balaban J connectivity index is 2.21. The topological polar surface area (TPSA) is 34.1 Å². The van der Waals surface area contributed by atoms with Crippen molar-refractivity contribution in [3.05, 3.63) is 11.1 Å². The molecule has 0 bridgehead atoms. The summed E-state index contributed by atoms with van der Waals surface area (Å²) in [5, 5.41) is 4.19. The minimum Gasteiger partial charge on any atom is -0.376 e. The van der Waals surface area contributed by atoms with Crippen LogP contribution in [0.1, 0.15) is 38.5 Å². The smallest absolute Gasteiger partial charge is 0.182 e. The molecular formula is C12H22N2OS. The summed E-state index contributed by atoms with van der Waals surface area (Å²) in [4.78, 5) is 5.46. The minimum atomic E-state index is 0.658. The van der Waals surface area contributed by atoms with Gasteiger partial charge >= 0.3 is 0 Å². The Morgan fingerprint density at radius 1 is 1.50 bits per heavy atom. The lowest BCUT2D eigenvalue weighted by molar-refractivity contribution is 0.0910. The zero-order chi connectivity index (χ0) is 11.8. The standard InChI is InChI=1S/C12H22N2OS/c1-4-6-10(3)8-15-9-11-7-14-12(16-11)13-5-2/h7,10H,4-6,8-9H2,1-3H3,(H,13,14). The third-order valence-corrected chi connectivity index (χ3v) is 3.24. The molecule has 1 unspecified atom stereocenters. The maximum Gasteiger partial charge on any atom is 0.182 e. The number of nitrogens with one attached hydrogen (secondary N) is 1. The molecule has 92 valence electrons. The van der Waals surface area contributed by atoms with Crippen molar-refractivity contribution in [1.29, 1.82) is 0 Å². The van der Waals surface area contributed by atoms with Crippen LogP contribution in [-0.2, 0) is 11.3 Å². The highest BCUT2D eigenvalue weighted by molar-refractivity contribution is 7.15. The van der Waals surface area contributed by atoms with Crippen molar-refractivity contribution in [3.8, 4) is 0 Å². The van der Waals surface area contributed by atoms with Gasteiger partial charge in [-0.25, -0.2) is 4.98 Å². The molecule has 1 heterocycles. The molecule has 0 aliphatic rings. The average Bonchev–Trinajstić information content (AvgIpc) is 2.67. The van der Waals surface area contributed by atoms with E-state index in [4.69, 9.17) is 4.74 Å². The van der Waals surface area contributed by atoms with E-state index >= 15 is 0 Å². The van der Waals surface area contributed by atoms with Gasteiger partial charge in [-0.05, 0) is 19.3 Å². The molecule has 0 radical (unpaired) electrons. The summed E-state index contributed by atoms with van der Waals surface area (Å²) >= 11 is 1.68. The van der Waals surface area contributed by atoms with Crippen LogP contribution in [0.4, 0.5) is 5.13 Å². The molecule has 0 amide bonds. The Kier molecular flexibility index (Phi) is 6.42. The van der Waals surface area contributed by atoms with Gasteiger partial charge in [-0.1, -0.05) is 31.6 Å². The van der Waals surface area contributed by atoms with Crippen LogP contribution in [0, 0.1) is 5.92 Å². The molecule has 3 nitrogen and oxygen atoms in total. The first-order valence-corrected chi connectivity index (χ1v) is 6.84. The number of hydrogen-bond acceptors (Lipinski definition) is 4. The predicted molar refractivity (Wildman–Crippen MR) is 70.0 cm³/mol. The highest BCUT2D eigenvalue weighted by Crippen LogP contribution is 2.19. The summed E-state index contributed by atoms with van der Waals surface area (Å²) in [7, 11) is 0. The summed E-state index contributed by atoms with van der Waals surface area (Å²) in [6.07, 6.45) is 4.37. The number of ether oxygens (including phenoxy) is 1. The third kappa shape index (κ3) is 4.94. The van der Waals surface area contributed by atoms with Crippen molar-refractivity contribution in [2.75, 3.05) is 18.5 Å². The zero-order valence-corrected chi connectivity index (χ0v) is 11.3. The van der Waals surface area contributed by atoms with Crippen LogP contribution in [-0.4, -0.2) is 18.1 Å². The fraction of sp³-hybridized carbons (Fsp3) is 0.750. The van der Waals surface area contributed by atoms with E-state index in [-0.39, 0.29) is 0 Å². The predicted octanol–water partition coefficient (Wildman–Crippen LogP) is 3.53. The van der Waals surface area contributed by atoms with Crippen LogP contribution in [0.5, 0.6) is 0 Å². The number of aromatic nitrogens is 1. The number of thiazole rings is 1. The Labute approximate surface area is 102 Å². The number of nitrogens with zero attached hydrogens (tertiary/aromatic N) is 1. The summed E-state index contributed by atoms with van der Waals surface area (Å²) < 4.78 is 5.67. The second kappa shape index (κ2) is 7.63. The van der Waals surface area contributed by atoms with Crippen molar-refractivity contribution in [2.24, 2.45) is 5.92 Å². The van der Waals surface area contributed by atoms with Crippen LogP contribution in [0.25, 0.3) is 0 Å². The Bertz CT molecular complexity index is 288. The highest BCUT2D eigenvalue weighted by atomic mass is 32.1. The van der Waals surface area contributed by atoms with Gasteiger partial charge in [0.1, 0.15) is 0 Å². The van der Waals surface area contributed by atoms with E-state index in [9.17, 15) is 0 Å². The monoisotopic (exact) mass is 242 g/mol. The molecule has 0 spiro atoms. The van der Waals surface area contributed by atoms with Gasteiger partial charge in [-0.15, -0.1) is 0 Å². The van der Waals surface area contributed by atoms with Gasteiger partial charge in [0.2, 0.25) is 0 Å². The van der Waals surface area contributed by atoms with Gasteiger partial charge in [0.25, 0.3) is 0 Å². The molecule has 1 N–H and O–H groups in total. The SMILES string of the molecule is CCCC(C)COCc1cnc(NCC)s1. The molecule has 0 saturated heterocycles. The van der Waals surface area contributed by atoms with E-state index in [0.29, 0.717) is 12.5 Å². The van der Waals surface area contributed by atoms with Gasteiger partial charge in [-0.2, -0.15) is 0 Å². The van der Waals surface area contributed by atoms with Crippen molar-refractivity contribution in [3.63, 3.8) is 0 Å². The molecule has 4 heteroatoms. The lowest BCUT2D eigenvalue weighted by Crippen LogP contribution is -2.04. The van der Waals surface area contributed by atoms with E-state index < -0.39 is 0 Å². The molecule has 0 saturated carbocycles. The van der Waals surface area contributed by atoms with Crippen LogP contribution in [0.15, 0.2) is 6.20 Å². The van der Waals surface area contributed by atoms with Crippen molar-refractivity contribution >= 4 is 16.5 Å². The maximum absolute atomic E-state index is 5.67. The summed E-state index contributed by atoms with van der Waals surface area (Å²) in [6, 6.07) is 0. The minimum absolute atomic E-state index is 0.658. The second-order valence-corrected chi connectivity index (χ2v) is 5.19. The summed E-state index contributed by atoms with van der Waals surface area (Å²) in [5.41, 5.74) is 0. The van der Waals surface area contributed by atoms with Gasteiger partial charge in [0.05, 0.1) is 11.5 Å². The molecule has 1 aromatic rings. The molecule has 1 atom stereocenters. The quantitative estimate of drug-likeness (QED) is 0.757. The average molecular weight is 242 g/mol. The molecule has 1 aromatic heterocycles. The first kappa shape index (κ1) is 13.5. The fourth-order valence-electron chi connectivity index (χ4n) is 1.54. The van der Waals surface area contributed by atoms with Crippen LogP contribution >= 0.6 is 11.3 Å². The van der Waals surface area contributed by atoms with E-state index in [1.165, 1.54) is 17.7 Å². The molecule has 0 aromatic carbocycles. The summed E-state index contributed by atoms with van der Waals surface area (Å²) in [6.45, 7) is 8.98. The lowest BCUT2D eigenvalue weighted by atomic mass is 10.1. The first-order chi connectivity index (χ1) is 7.76. The summed E-state index contributed by atoms with van der Waals surface area (Å²) in [5.74, 6) is 0.658. The van der Waals surface area contributed by atoms with Crippen LogP contribution in [0.3, 0.4) is 0 Å². The molecule has 1 rings (SSSR count). The largest absolute Gasteiger partial charge is 0.376 e. The van der Waals surface area contributed by atoms with Gasteiger partial charge in [-0.3, -0.25) is 0 Å². The molecule has 16 heavy (non-hydrogen) atoms. The Morgan fingerprint density at radius 2 is 2.31 bits per heavy atom. The number of hydrogen-bond donors (Lipinski definition) is 1. The van der Waals surface area contributed by atoms with Crippen molar-refractivity contribution in [2.45, 2.75) is 40.2 Å². The number of rotatable bonds is 8. The van der Waals surface area contributed by atoms with E-state index in [1.807, 2.05) is 6.20 Å². The van der Waals surface area contributed by atoms with E-state index in [0.717, 1.165) is 18.3 Å². The molecule has 0 fully saturated rings. The highest BCUT2D eigenvalue weighted by Gasteiger charge is 2.03. The van der Waals surface area contributed by atoms with Crippen molar-refractivity contribution in [1.82, 2.24) is 4.98 Å². The molecule has 0 aliphatic heterocycles. The van der Waals surface area contributed by atoms with Gasteiger partial charge in [0, 0.05) is 19.3 Å². The van der Waals surface area contributed by atoms with Gasteiger partial charge in [0.15, 0.2) is 5.13 Å². The first-order valence-electron chi connectivity index (χ1n) is 6.02. The third-order valence-electron chi connectivity index (χ3n) is 2.31. The lowest BCUT2D eigenvalue weighted by Gasteiger charge is -2.09. The van der Waals surface area contributed by atoms with Crippen molar-refractivity contribution < 1.29 is 4.74 Å². The van der Waals surface area contributed by atoms with E-state index in [1.54, 1.807) is 11.3 Å². The van der Waals surface area contributed by atoms with E-state index in [2.05, 4.69) is 31.1 Å².